The van der Waals surface area contributed by atoms with E-state index in [0.29, 0.717) is 24.0 Å². The summed E-state index contributed by atoms with van der Waals surface area (Å²) < 4.78 is 6.00. The Labute approximate surface area is 115 Å². The van der Waals surface area contributed by atoms with Gasteiger partial charge in [0.15, 0.2) is 0 Å². The Balaban J connectivity index is 1.88. The van der Waals surface area contributed by atoms with E-state index in [0.717, 1.165) is 6.61 Å². The molecule has 1 fully saturated rings. The number of nitrogens with zero attached hydrogens (tertiary/aromatic N) is 1. The van der Waals surface area contributed by atoms with Crippen LogP contribution < -0.4 is 5.32 Å². The summed E-state index contributed by atoms with van der Waals surface area (Å²) in [5.74, 6) is 1.15. The summed E-state index contributed by atoms with van der Waals surface area (Å²) in [5, 5.41) is 3.52. The number of ether oxygens (including phenoxy) is 1. The van der Waals surface area contributed by atoms with Crippen molar-refractivity contribution < 1.29 is 4.74 Å². The van der Waals surface area contributed by atoms with Crippen LogP contribution in [0.15, 0.2) is 18.3 Å². The quantitative estimate of drug-likeness (QED) is 0.906. The van der Waals surface area contributed by atoms with Gasteiger partial charge in [0.1, 0.15) is 0 Å². The van der Waals surface area contributed by atoms with E-state index in [-0.39, 0.29) is 0 Å². The molecule has 0 radical (unpaired) electrons. The molecule has 1 aromatic rings. The molecule has 1 aromatic heterocycles. The largest absolute Gasteiger partial charge is 0.376 e. The predicted octanol–water partition coefficient (Wildman–Crippen LogP) is 2.51. The molecule has 3 rings (SSSR count). The van der Waals surface area contributed by atoms with E-state index in [2.05, 4.69) is 36.4 Å². The molecule has 0 bridgehead atoms. The molecule has 1 aliphatic carbocycles. The van der Waals surface area contributed by atoms with Gasteiger partial charge in [0, 0.05) is 30.5 Å². The number of rotatable bonds is 3. The zero-order chi connectivity index (χ0) is 13.2. The van der Waals surface area contributed by atoms with Crippen molar-refractivity contribution in [1.29, 1.82) is 0 Å². The second-order valence-electron chi connectivity index (χ2n) is 5.96. The van der Waals surface area contributed by atoms with Gasteiger partial charge in [-0.3, -0.25) is 4.98 Å². The van der Waals surface area contributed by atoms with Crippen molar-refractivity contribution in [2.24, 2.45) is 5.92 Å². The molecule has 3 heteroatoms. The first-order chi connectivity index (χ1) is 9.31. The molecule has 0 saturated carbocycles. The molecule has 0 spiro atoms. The van der Waals surface area contributed by atoms with E-state index < -0.39 is 0 Å². The molecule has 3 nitrogen and oxygen atoms in total. The average molecular weight is 260 g/mol. The van der Waals surface area contributed by atoms with Crippen molar-refractivity contribution in [3.05, 3.63) is 29.6 Å². The zero-order valence-electron chi connectivity index (χ0n) is 11.9. The molecule has 4 unspecified atom stereocenters. The van der Waals surface area contributed by atoms with E-state index in [9.17, 15) is 0 Å². The van der Waals surface area contributed by atoms with Crippen LogP contribution in [0.4, 0.5) is 0 Å². The lowest BCUT2D eigenvalue weighted by molar-refractivity contribution is 0.0518. The molecule has 1 aliphatic heterocycles. The lowest BCUT2D eigenvalue weighted by atomic mass is 9.78. The SMILES string of the molecule is CNC(C1CCCc2cccnc21)C1OCCC1C. The van der Waals surface area contributed by atoms with Gasteiger partial charge in [0.2, 0.25) is 0 Å². The fraction of sp³-hybridized carbons (Fsp3) is 0.688. The highest BCUT2D eigenvalue weighted by Gasteiger charge is 2.38. The molecular weight excluding hydrogens is 236 g/mol. The van der Waals surface area contributed by atoms with E-state index in [4.69, 9.17) is 4.74 Å². The van der Waals surface area contributed by atoms with Crippen LogP contribution in [-0.2, 0) is 11.2 Å². The number of likely N-dealkylation sites (N-methyl/N-ethyl adjacent to an activating group) is 1. The smallest absolute Gasteiger partial charge is 0.0760 e. The molecule has 1 saturated heterocycles. The van der Waals surface area contributed by atoms with Crippen LogP contribution >= 0.6 is 0 Å². The summed E-state index contributed by atoms with van der Waals surface area (Å²) in [4.78, 5) is 4.67. The number of aromatic nitrogens is 1. The van der Waals surface area contributed by atoms with Gasteiger partial charge in [0.25, 0.3) is 0 Å². The van der Waals surface area contributed by atoms with E-state index in [1.54, 1.807) is 0 Å². The van der Waals surface area contributed by atoms with Crippen molar-refractivity contribution in [3.63, 3.8) is 0 Å². The lowest BCUT2D eigenvalue weighted by Gasteiger charge is -2.35. The minimum atomic E-state index is 0.336. The third kappa shape index (κ3) is 2.41. The Morgan fingerprint density at radius 1 is 1.42 bits per heavy atom. The van der Waals surface area contributed by atoms with E-state index in [1.165, 1.54) is 36.9 Å². The average Bonchev–Trinajstić information content (AvgIpc) is 2.86. The number of aryl methyl sites for hydroxylation is 1. The highest BCUT2D eigenvalue weighted by atomic mass is 16.5. The number of fused-ring (bicyclic) bond motifs is 1. The van der Waals surface area contributed by atoms with E-state index in [1.807, 2.05) is 6.20 Å². The Morgan fingerprint density at radius 3 is 3.05 bits per heavy atom. The van der Waals surface area contributed by atoms with Gasteiger partial charge in [-0.05, 0) is 50.3 Å². The van der Waals surface area contributed by atoms with E-state index >= 15 is 0 Å². The topological polar surface area (TPSA) is 34.2 Å². The van der Waals surface area contributed by atoms with Gasteiger partial charge < -0.3 is 10.1 Å². The molecular formula is C16H24N2O. The summed E-state index contributed by atoms with van der Waals surface area (Å²) in [6, 6.07) is 4.69. The molecule has 2 heterocycles. The van der Waals surface area contributed by atoms with Gasteiger partial charge in [-0.25, -0.2) is 0 Å². The maximum Gasteiger partial charge on any atom is 0.0760 e. The first kappa shape index (κ1) is 13.1. The molecule has 0 amide bonds. The predicted molar refractivity (Wildman–Crippen MR) is 76.3 cm³/mol. The van der Waals surface area contributed by atoms with Crippen molar-refractivity contribution >= 4 is 0 Å². The Bertz CT molecular complexity index is 435. The molecule has 0 aromatic carbocycles. The van der Waals surface area contributed by atoms with Gasteiger partial charge in [-0.1, -0.05) is 13.0 Å². The minimum Gasteiger partial charge on any atom is -0.376 e. The molecule has 2 aliphatic rings. The third-order valence-electron chi connectivity index (χ3n) is 4.80. The highest BCUT2D eigenvalue weighted by Crippen LogP contribution is 2.37. The van der Waals surface area contributed by atoms with Crippen LogP contribution in [0.3, 0.4) is 0 Å². The summed E-state index contributed by atoms with van der Waals surface area (Å²) in [7, 11) is 2.07. The fourth-order valence-electron chi connectivity index (χ4n) is 3.77. The number of hydrogen-bond acceptors (Lipinski definition) is 3. The van der Waals surface area contributed by atoms with Crippen LogP contribution in [0.5, 0.6) is 0 Å². The summed E-state index contributed by atoms with van der Waals surface area (Å²) in [6.07, 6.45) is 7.12. The Morgan fingerprint density at radius 2 is 2.32 bits per heavy atom. The summed E-state index contributed by atoms with van der Waals surface area (Å²) in [5.41, 5.74) is 2.74. The lowest BCUT2D eigenvalue weighted by Crippen LogP contribution is -2.45. The first-order valence-electron chi connectivity index (χ1n) is 7.54. The van der Waals surface area contributed by atoms with Crippen LogP contribution in [-0.4, -0.2) is 30.8 Å². The van der Waals surface area contributed by atoms with Crippen molar-refractivity contribution in [2.45, 2.75) is 50.7 Å². The number of pyridine rings is 1. The Kier molecular flexibility index (Phi) is 3.85. The molecule has 4 atom stereocenters. The fourth-order valence-corrected chi connectivity index (χ4v) is 3.77. The van der Waals surface area contributed by atoms with Crippen LogP contribution in [0, 0.1) is 5.92 Å². The van der Waals surface area contributed by atoms with Crippen molar-refractivity contribution in [3.8, 4) is 0 Å². The highest BCUT2D eigenvalue weighted by molar-refractivity contribution is 5.28. The van der Waals surface area contributed by atoms with Crippen molar-refractivity contribution in [1.82, 2.24) is 10.3 Å². The number of hydrogen-bond donors (Lipinski definition) is 1. The van der Waals surface area contributed by atoms with Gasteiger partial charge in [0.05, 0.1) is 6.10 Å². The first-order valence-corrected chi connectivity index (χ1v) is 7.54. The van der Waals surface area contributed by atoms with Crippen LogP contribution in [0.25, 0.3) is 0 Å². The van der Waals surface area contributed by atoms with Crippen molar-refractivity contribution in [2.75, 3.05) is 13.7 Å². The summed E-state index contributed by atoms with van der Waals surface area (Å²) in [6.45, 7) is 3.22. The maximum atomic E-state index is 6.00. The van der Waals surface area contributed by atoms with Crippen LogP contribution in [0.2, 0.25) is 0 Å². The van der Waals surface area contributed by atoms with Gasteiger partial charge >= 0.3 is 0 Å². The van der Waals surface area contributed by atoms with Gasteiger partial charge in [-0.15, -0.1) is 0 Å². The minimum absolute atomic E-state index is 0.336. The molecule has 1 N–H and O–H groups in total. The Hall–Kier alpha value is -0.930. The summed E-state index contributed by atoms with van der Waals surface area (Å²) >= 11 is 0. The molecule has 19 heavy (non-hydrogen) atoms. The van der Waals surface area contributed by atoms with Gasteiger partial charge in [-0.2, -0.15) is 0 Å². The zero-order valence-corrected chi connectivity index (χ0v) is 11.9. The monoisotopic (exact) mass is 260 g/mol. The maximum absolute atomic E-state index is 6.00. The van der Waals surface area contributed by atoms with Crippen LogP contribution in [0.1, 0.15) is 43.4 Å². The second-order valence-corrected chi connectivity index (χ2v) is 5.96. The third-order valence-corrected chi connectivity index (χ3v) is 4.80. The second kappa shape index (κ2) is 5.59. The normalized spacial score (nSPS) is 32.0. The number of nitrogens with one attached hydrogen (secondary N) is 1. The standard InChI is InChI=1S/C16H24N2O/c1-11-8-10-19-16(11)15(17-2)13-7-3-5-12-6-4-9-18-14(12)13/h4,6,9,11,13,15-17H,3,5,7-8,10H2,1-2H3. The molecule has 104 valence electrons.